The van der Waals surface area contributed by atoms with Crippen molar-refractivity contribution < 1.29 is 8.42 Å². The Morgan fingerprint density at radius 1 is 1.37 bits per heavy atom. The van der Waals surface area contributed by atoms with Crippen LogP contribution in [0.3, 0.4) is 0 Å². The van der Waals surface area contributed by atoms with Crippen LogP contribution in [-0.2, 0) is 16.6 Å². The molecule has 0 spiro atoms. The molecule has 0 aromatic carbocycles. The van der Waals surface area contributed by atoms with Crippen LogP contribution in [0.5, 0.6) is 0 Å². The van der Waals surface area contributed by atoms with E-state index in [2.05, 4.69) is 20.2 Å². The highest BCUT2D eigenvalue weighted by atomic mass is 32.2. The zero-order valence-corrected chi connectivity index (χ0v) is 12.7. The fraction of sp³-hybridized carbons (Fsp3) is 0.750. The van der Waals surface area contributed by atoms with Crippen LogP contribution >= 0.6 is 0 Å². The smallest absolute Gasteiger partial charge is 0.244 e. The molecule has 1 heterocycles. The first-order valence-corrected chi connectivity index (χ1v) is 7.98. The number of aryl methyl sites for hydroxylation is 1. The predicted molar refractivity (Wildman–Crippen MR) is 73.3 cm³/mol. The summed E-state index contributed by atoms with van der Waals surface area (Å²) in [5.74, 6) is 0. The van der Waals surface area contributed by atoms with Gasteiger partial charge in [0.2, 0.25) is 10.0 Å². The van der Waals surface area contributed by atoms with Crippen LogP contribution in [-0.4, -0.2) is 30.2 Å². The van der Waals surface area contributed by atoms with E-state index >= 15 is 0 Å². The number of hydrogen-bond acceptors (Lipinski definition) is 4. The molecule has 0 unspecified atom stereocenters. The normalized spacial score (nSPS) is 16.8. The van der Waals surface area contributed by atoms with Gasteiger partial charge in [-0.1, -0.05) is 0 Å². The third-order valence-corrected chi connectivity index (χ3v) is 4.77. The van der Waals surface area contributed by atoms with Crippen molar-refractivity contribution in [3.8, 4) is 0 Å². The number of hydrogen-bond donors (Lipinski definition) is 3. The van der Waals surface area contributed by atoms with Gasteiger partial charge in [-0.25, -0.2) is 13.1 Å². The van der Waals surface area contributed by atoms with Gasteiger partial charge in [-0.2, -0.15) is 5.10 Å². The summed E-state index contributed by atoms with van der Waals surface area (Å²) in [6.07, 6.45) is 2.32. The lowest BCUT2D eigenvalue weighted by molar-refractivity contribution is 0.490. The van der Waals surface area contributed by atoms with Gasteiger partial charge in [0.25, 0.3) is 0 Å². The Labute approximate surface area is 114 Å². The van der Waals surface area contributed by atoms with Crippen LogP contribution in [0.25, 0.3) is 0 Å². The minimum Gasteiger partial charge on any atom is -0.308 e. The molecule has 0 aliphatic heterocycles. The van der Waals surface area contributed by atoms with Gasteiger partial charge in [0, 0.05) is 18.1 Å². The summed E-state index contributed by atoms with van der Waals surface area (Å²) in [4.78, 5) is 0.274. The molecule has 0 bridgehead atoms. The molecule has 1 aliphatic rings. The molecule has 0 saturated heterocycles. The van der Waals surface area contributed by atoms with Crippen molar-refractivity contribution in [2.24, 2.45) is 0 Å². The highest BCUT2D eigenvalue weighted by molar-refractivity contribution is 7.89. The number of rotatable bonds is 5. The summed E-state index contributed by atoms with van der Waals surface area (Å²) in [6, 6.07) is 0.517. The second kappa shape index (κ2) is 4.88. The summed E-state index contributed by atoms with van der Waals surface area (Å²) >= 11 is 0. The Hall–Kier alpha value is -0.920. The molecule has 1 saturated carbocycles. The molecule has 3 N–H and O–H groups in total. The molecular formula is C12H22N4O2S. The number of aromatic amines is 1. The minimum absolute atomic E-state index is 0.274. The fourth-order valence-corrected chi connectivity index (χ4v) is 3.71. The molecular weight excluding hydrogens is 264 g/mol. The summed E-state index contributed by atoms with van der Waals surface area (Å²) in [5, 5.41) is 10.2. The van der Waals surface area contributed by atoms with Crippen LogP contribution in [0.4, 0.5) is 0 Å². The number of nitrogens with one attached hydrogen (secondary N) is 3. The number of nitrogens with zero attached hydrogens (tertiary/aromatic N) is 1. The highest BCUT2D eigenvalue weighted by Gasteiger charge is 2.29. The zero-order chi connectivity index (χ0) is 14.3. The topological polar surface area (TPSA) is 86.9 Å². The first-order valence-electron chi connectivity index (χ1n) is 6.50. The molecule has 1 aromatic heterocycles. The van der Waals surface area contributed by atoms with Gasteiger partial charge in [0.15, 0.2) is 0 Å². The molecule has 0 atom stereocenters. The molecule has 2 rings (SSSR count). The maximum absolute atomic E-state index is 12.4. The molecule has 1 fully saturated rings. The van der Waals surface area contributed by atoms with Crippen LogP contribution in [0, 0.1) is 6.92 Å². The van der Waals surface area contributed by atoms with E-state index in [4.69, 9.17) is 0 Å². The van der Waals surface area contributed by atoms with E-state index in [0.29, 0.717) is 24.0 Å². The van der Waals surface area contributed by atoms with Gasteiger partial charge in [-0.15, -0.1) is 0 Å². The second-order valence-corrected chi connectivity index (χ2v) is 7.75. The average Bonchev–Trinajstić information content (AvgIpc) is 2.95. The summed E-state index contributed by atoms with van der Waals surface area (Å²) in [6.45, 7) is 7.67. The van der Waals surface area contributed by atoms with Crippen LogP contribution < -0.4 is 10.0 Å². The minimum atomic E-state index is -3.55. The maximum Gasteiger partial charge on any atom is 0.244 e. The van der Waals surface area contributed by atoms with Gasteiger partial charge in [-0.05, 0) is 40.5 Å². The van der Waals surface area contributed by atoms with Gasteiger partial charge in [0.05, 0.1) is 11.4 Å². The summed E-state index contributed by atoms with van der Waals surface area (Å²) < 4.78 is 27.5. The highest BCUT2D eigenvalue weighted by Crippen LogP contribution is 2.22. The lowest BCUT2D eigenvalue weighted by atomic mass is 10.1. The van der Waals surface area contributed by atoms with E-state index in [0.717, 1.165) is 12.8 Å². The molecule has 0 radical (unpaired) electrons. The molecule has 7 heteroatoms. The second-order valence-electron chi connectivity index (χ2n) is 6.14. The van der Waals surface area contributed by atoms with Crippen molar-refractivity contribution in [1.29, 1.82) is 0 Å². The van der Waals surface area contributed by atoms with Crippen LogP contribution in [0.1, 0.15) is 45.0 Å². The van der Waals surface area contributed by atoms with E-state index < -0.39 is 15.6 Å². The SMILES string of the molecule is Cc1[nH]nc(CNC2CC2)c1S(=O)(=O)NC(C)(C)C. The molecule has 1 aromatic rings. The van der Waals surface area contributed by atoms with Gasteiger partial charge in [-0.3, -0.25) is 5.10 Å². The lowest BCUT2D eigenvalue weighted by Gasteiger charge is -2.20. The Bertz CT molecular complexity index is 553. The molecule has 108 valence electrons. The van der Waals surface area contributed by atoms with Crippen molar-refractivity contribution in [2.45, 2.75) is 63.6 Å². The molecule has 19 heavy (non-hydrogen) atoms. The Morgan fingerprint density at radius 2 is 2.00 bits per heavy atom. The average molecular weight is 286 g/mol. The van der Waals surface area contributed by atoms with E-state index in [1.807, 2.05) is 20.8 Å². The summed E-state index contributed by atoms with van der Waals surface area (Å²) in [7, 11) is -3.55. The molecule has 0 amide bonds. The third kappa shape index (κ3) is 3.77. The van der Waals surface area contributed by atoms with Crippen molar-refractivity contribution in [1.82, 2.24) is 20.2 Å². The van der Waals surface area contributed by atoms with Crippen LogP contribution in [0.2, 0.25) is 0 Å². The van der Waals surface area contributed by atoms with E-state index in [9.17, 15) is 8.42 Å². The number of aromatic nitrogens is 2. The molecule has 1 aliphatic carbocycles. The zero-order valence-electron chi connectivity index (χ0n) is 11.9. The van der Waals surface area contributed by atoms with Gasteiger partial charge >= 0.3 is 0 Å². The Kier molecular flexibility index (Phi) is 3.72. The Morgan fingerprint density at radius 3 is 2.53 bits per heavy atom. The molecule has 6 nitrogen and oxygen atoms in total. The van der Waals surface area contributed by atoms with E-state index in [1.165, 1.54) is 0 Å². The van der Waals surface area contributed by atoms with Crippen LogP contribution in [0.15, 0.2) is 4.90 Å². The van der Waals surface area contributed by atoms with E-state index in [-0.39, 0.29) is 4.90 Å². The monoisotopic (exact) mass is 286 g/mol. The van der Waals surface area contributed by atoms with Crippen molar-refractivity contribution >= 4 is 10.0 Å². The first-order chi connectivity index (χ1) is 8.69. The largest absolute Gasteiger partial charge is 0.308 e. The number of H-pyrrole nitrogens is 1. The van der Waals surface area contributed by atoms with Gasteiger partial charge in [0.1, 0.15) is 4.90 Å². The fourth-order valence-electron chi connectivity index (χ4n) is 1.93. The third-order valence-electron chi connectivity index (χ3n) is 2.81. The maximum atomic E-state index is 12.4. The quantitative estimate of drug-likeness (QED) is 0.755. The Balaban J connectivity index is 2.24. The van der Waals surface area contributed by atoms with Crippen molar-refractivity contribution in [3.63, 3.8) is 0 Å². The predicted octanol–water partition coefficient (Wildman–Crippen LogP) is 1.05. The first kappa shape index (κ1) is 14.5. The van der Waals surface area contributed by atoms with E-state index in [1.54, 1.807) is 6.92 Å². The standard InChI is InChI=1S/C12H22N4O2S/c1-8-11(19(17,18)16-12(2,3)4)10(15-14-8)7-13-9-5-6-9/h9,13,16H,5-7H2,1-4H3,(H,14,15). The van der Waals surface area contributed by atoms with Gasteiger partial charge < -0.3 is 5.32 Å². The lowest BCUT2D eigenvalue weighted by Crippen LogP contribution is -2.41. The van der Waals surface area contributed by atoms with Crippen molar-refractivity contribution in [3.05, 3.63) is 11.4 Å². The van der Waals surface area contributed by atoms with Crippen molar-refractivity contribution in [2.75, 3.05) is 0 Å². The number of sulfonamides is 1. The summed E-state index contributed by atoms with van der Waals surface area (Å²) in [5.41, 5.74) is 0.620.